The van der Waals surface area contributed by atoms with E-state index in [4.69, 9.17) is 27.3 Å². The molecule has 2 aromatic heterocycles. The maximum atomic E-state index is 9.07. The minimum Gasteiger partial charge on any atom is -0.497 e. The Kier molecular flexibility index (Phi) is 7.16. The van der Waals surface area contributed by atoms with Crippen molar-refractivity contribution in [3.8, 4) is 28.9 Å². The third-order valence-corrected chi connectivity index (χ3v) is 6.02. The van der Waals surface area contributed by atoms with Crippen LogP contribution in [0.4, 0.5) is 0 Å². The molecule has 2 aromatic carbocycles. The maximum Gasteiger partial charge on any atom is 0.204 e. The van der Waals surface area contributed by atoms with Crippen molar-refractivity contribution in [2.45, 2.75) is 33.1 Å². The molecule has 34 heavy (non-hydrogen) atoms. The summed E-state index contributed by atoms with van der Waals surface area (Å²) in [5.74, 6) is 1.53. The molecule has 0 bridgehead atoms. The summed E-state index contributed by atoms with van der Waals surface area (Å²) in [6.07, 6.45) is 3.50. The van der Waals surface area contributed by atoms with Crippen molar-refractivity contribution in [3.05, 3.63) is 89.0 Å². The molecule has 0 aliphatic heterocycles. The van der Waals surface area contributed by atoms with Crippen LogP contribution in [0.25, 0.3) is 17.1 Å². The molecule has 0 radical (unpaired) electrons. The summed E-state index contributed by atoms with van der Waals surface area (Å²) in [7, 11) is 1.65. The average Bonchev–Trinajstić information content (AvgIpc) is 3.20. The van der Waals surface area contributed by atoms with Gasteiger partial charge < -0.3 is 4.74 Å². The molecule has 0 atom stereocenters. The van der Waals surface area contributed by atoms with E-state index in [1.54, 1.807) is 19.5 Å². The summed E-state index contributed by atoms with van der Waals surface area (Å²) in [5, 5.41) is 14.0. The van der Waals surface area contributed by atoms with Crippen molar-refractivity contribution in [1.29, 1.82) is 5.26 Å². The quantitative estimate of drug-likeness (QED) is 0.329. The molecule has 2 heterocycles. The van der Waals surface area contributed by atoms with Crippen LogP contribution in [0.2, 0.25) is 0 Å². The molecule has 0 fully saturated rings. The van der Waals surface area contributed by atoms with E-state index in [-0.39, 0.29) is 6.04 Å². The van der Waals surface area contributed by atoms with E-state index in [1.165, 1.54) is 0 Å². The molecule has 4 rings (SSSR count). The molecule has 0 aliphatic rings. The van der Waals surface area contributed by atoms with Crippen LogP contribution in [0, 0.1) is 16.1 Å². The Labute approximate surface area is 204 Å². The van der Waals surface area contributed by atoms with Crippen LogP contribution >= 0.6 is 12.2 Å². The number of rotatable bonds is 8. The van der Waals surface area contributed by atoms with Crippen LogP contribution in [0.5, 0.6) is 5.75 Å². The van der Waals surface area contributed by atoms with Gasteiger partial charge in [0.15, 0.2) is 5.82 Å². The van der Waals surface area contributed by atoms with E-state index in [9.17, 15) is 0 Å². The average molecular weight is 471 g/mol. The van der Waals surface area contributed by atoms with Crippen LogP contribution < -0.4 is 4.74 Å². The maximum absolute atomic E-state index is 9.07. The number of ether oxygens (including phenoxy) is 1. The van der Waals surface area contributed by atoms with Gasteiger partial charge in [0.2, 0.25) is 4.77 Å². The predicted molar refractivity (Wildman–Crippen MR) is 134 cm³/mol. The van der Waals surface area contributed by atoms with E-state index in [0.29, 0.717) is 23.5 Å². The van der Waals surface area contributed by atoms with Gasteiger partial charge in [0.1, 0.15) is 5.75 Å². The smallest absolute Gasteiger partial charge is 0.204 e. The van der Waals surface area contributed by atoms with Crippen molar-refractivity contribution in [1.82, 2.24) is 24.2 Å². The van der Waals surface area contributed by atoms with Gasteiger partial charge in [-0.1, -0.05) is 12.1 Å². The molecule has 172 valence electrons. The highest BCUT2D eigenvalue weighted by molar-refractivity contribution is 7.71. The monoisotopic (exact) mass is 470 g/mol. The minimum absolute atomic E-state index is 0.257. The van der Waals surface area contributed by atoms with Crippen LogP contribution in [-0.2, 0) is 13.2 Å². The van der Waals surface area contributed by atoms with Crippen LogP contribution in [0.15, 0.2) is 73.1 Å². The van der Waals surface area contributed by atoms with Gasteiger partial charge in [-0.15, -0.1) is 5.10 Å². The third-order valence-electron chi connectivity index (χ3n) is 5.62. The number of aromatic nitrogens is 4. The van der Waals surface area contributed by atoms with Crippen molar-refractivity contribution in [2.75, 3.05) is 7.11 Å². The Morgan fingerprint density at radius 1 is 1.03 bits per heavy atom. The standard InChI is InChI=1S/C26H26N6OS/c1-19(2)30(17-21-6-4-20(16-27)5-7-21)18-31-26(34)32(23-8-10-24(33-3)11-9-23)25(29-31)22-12-14-28-15-13-22/h4-15,19H,17-18H2,1-3H3. The molecule has 4 aromatic rings. The molecule has 0 aliphatic carbocycles. The molecular weight excluding hydrogens is 444 g/mol. The first-order chi connectivity index (χ1) is 16.5. The summed E-state index contributed by atoms with van der Waals surface area (Å²) >= 11 is 5.91. The number of methoxy groups -OCH3 is 1. The summed E-state index contributed by atoms with van der Waals surface area (Å²) in [4.78, 5) is 6.43. The summed E-state index contributed by atoms with van der Waals surface area (Å²) < 4.78 is 9.75. The third kappa shape index (κ3) is 5.06. The highest BCUT2D eigenvalue weighted by atomic mass is 32.1. The molecule has 8 heteroatoms. The normalized spacial score (nSPS) is 11.1. The Morgan fingerprint density at radius 3 is 2.29 bits per heavy atom. The fourth-order valence-electron chi connectivity index (χ4n) is 3.64. The van der Waals surface area contributed by atoms with Crippen LogP contribution in [0.1, 0.15) is 25.0 Å². The molecule has 0 amide bonds. The largest absolute Gasteiger partial charge is 0.497 e. The van der Waals surface area contributed by atoms with Gasteiger partial charge in [0, 0.05) is 30.5 Å². The van der Waals surface area contributed by atoms with Crippen molar-refractivity contribution in [3.63, 3.8) is 0 Å². The first-order valence-corrected chi connectivity index (χ1v) is 11.4. The second-order valence-electron chi connectivity index (χ2n) is 8.17. The van der Waals surface area contributed by atoms with E-state index >= 15 is 0 Å². The lowest BCUT2D eigenvalue weighted by molar-refractivity contribution is 0.153. The Balaban J connectivity index is 1.72. The number of pyridine rings is 1. The van der Waals surface area contributed by atoms with Gasteiger partial charge in [-0.2, -0.15) is 5.26 Å². The first kappa shape index (κ1) is 23.4. The minimum atomic E-state index is 0.257. The van der Waals surface area contributed by atoms with Crippen molar-refractivity contribution in [2.24, 2.45) is 0 Å². The molecule has 0 saturated carbocycles. The van der Waals surface area contributed by atoms with Gasteiger partial charge in [-0.25, -0.2) is 4.68 Å². The number of nitriles is 1. The topological polar surface area (TPSA) is 71.9 Å². The molecule has 0 unspecified atom stereocenters. The summed E-state index contributed by atoms with van der Waals surface area (Å²) in [5.41, 5.74) is 3.62. The number of hydrogen-bond donors (Lipinski definition) is 0. The van der Waals surface area contributed by atoms with E-state index in [2.05, 4.69) is 29.8 Å². The summed E-state index contributed by atoms with van der Waals surface area (Å²) in [6.45, 7) is 5.54. The van der Waals surface area contributed by atoms with Gasteiger partial charge in [-0.3, -0.25) is 14.5 Å². The lowest BCUT2D eigenvalue weighted by atomic mass is 10.1. The van der Waals surface area contributed by atoms with E-state index < -0.39 is 0 Å². The number of benzene rings is 2. The fraction of sp³-hybridized carbons (Fsp3) is 0.231. The summed E-state index contributed by atoms with van der Waals surface area (Å²) in [6, 6.07) is 21.7. The van der Waals surface area contributed by atoms with Gasteiger partial charge in [-0.05, 0) is 80.2 Å². The van der Waals surface area contributed by atoms with Gasteiger partial charge in [0.05, 0.1) is 31.1 Å². The number of nitrogens with zero attached hydrogens (tertiary/aromatic N) is 6. The second-order valence-corrected chi connectivity index (χ2v) is 8.53. The zero-order valence-corrected chi connectivity index (χ0v) is 20.2. The first-order valence-electron chi connectivity index (χ1n) is 11.0. The Bertz CT molecular complexity index is 1340. The van der Waals surface area contributed by atoms with Crippen molar-refractivity contribution >= 4 is 12.2 Å². The second kappa shape index (κ2) is 10.4. The highest BCUT2D eigenvalue weighted by Gasteiger charge is 2.18. The predicted octanol–water partition coefficient (Wildman–Crippen LogP) is 5.21. The van der Waals surface area contributed by atoms with Crippen LogP contribution in [0.3, 0.4) is 0 Å². The molecule has 0 spiro atoms. The van der Waals surface area contributed by atoms with Gasteiger partial charge in [0.25, 0.3) is 0 Å². The zero-order valence-electron chi connectivity index (χ0n) is 19.4. The van der Waals surface area contributed by atoms with Crippen molar-refractivity contribution < 1.29 is 4.74 Å². The molecule has 7 nitrogen and oxygen atoms in total. The fourth-order valence-corrected chi connectivity index (χ4v) is 3.93. The SMILES string of the molecule is COc1ccc(-n2c(-c3ccncc3)nn(CN(Cc3ccc(C#N)cc3)C(C)C)c2=S)cc1. The highest BCUT2D eigenvalue weighted by Crippen LogP contribution is 2.24. The lowest BCUT2D eigenvalue weighted by Gasteiger charge is -2.26. The van der Waals surface area contributed by atoms with Crippen LogP contribution in [-0.4, -0.2) is 37.4 Å². The van der Waals surface area contributed by atoms with Gasteiger partial charge >= 0.3 is 0 Å². The Morgan fingerprint density at radius 2 is 1.71 bits per heavy atom. The molecule has 0 N–H and O–H groups in total. The zero-order chi connectivity index (χ0) is 24.1. The number of hydrogen-bond acceptors (Lipinski definition) is 6. The molecule has 0 saturated heterocycles. The van der Waals surface area contributed by atoms with E-state index in [1.807, 2.05) is 69.9 Å². The molecular formula is C26H26N6OS. The lowest BCUT2D eigenvalue weighted by Crippen LogP contribution is -2.33. The Hall–Kier alpha value is -3.80. The van der Waals surface area contributed by atoms with E-state index in [0.717, 1.165) is 28.4 Å².